The molecule has 3 aliphatic rings. The van der Waals surface area contributed by atoms with Gasteiger partial charge in [0.05, 0.1) is 4.88 Å². The number of carbonyl (C=O) groups excluding carboxylic acids is 1. The fourth-order valence-corrected chi connectivity index (χ4v) is 4.03. The summed E-state index contributed by atoms with van der Waals surface area (Å²) in [4.78, 5) is 16.7. The molecule has 2 bridgehead atoms. The Morgan fingerprint density at radius 1 is 1.50 bits per heavy atom. The van der Waals surface area contributed by atoms with Crippen LogP contribution < -0.4 is 5.32 Å². The average molecular weight is 264 g/mol. The molecule has 4 heterocycles. The molecular weight excluding hydrogens is 244 g/mol. The highest BCUT2D eigenvalue weighted by molar-refractivity contribution is 7.13. The van der Waals surface area contributed by atoms with E-state index in [0.29, 0.717) is 18.0 Å². The van der Waals surface area contributed by atoms with E-state index >= 15 is 0 Å². The van der Waals surface area contributed by atoms with Gasteiger partial charge in [0.2, 0.25) is 0 Å². The minimum atomic E-state index is 0.111. The zero-order chi connectivity index (χ0) is 12.7. The normalized spacial score (nSPS) is 34.6. The number of thiophene rings is 1. The van der Waals surface area contributed by atoms with Crippen LogP contribution in [-0.4, -0.2) is 36.0 Å². The molecule has 3 nitrogen and oxygen atoms in total. The number of aryl methyl sites for hydroxylation is 1. The number of carbonyl (C=O) groups is 1. The van der Waals surface area contributed by atoms with Crippen LogP contribution in [0.25, 0.3) is 0 Å². The summed E-state index contributed by atoms with van der Waals surface area (Å²) in [5.74, 6) is 0.787. The highest BCUT2D eigenvalue weighted by Crippen LogP contribution is 2.32. The standard InChI is InChI=1S/C14H20N2OS/c1-9-7-11-5-6-16(9)8-12(11)15-14(17)13-4-3-10(2)18-13/h3-4,9,11-12H,5-8H2,1-2H3,(H,15,17)/t9?,11?,12-/m0/s1. The molecule has 0 radical (unpaired) electrons. The molecule has 3 saturated heterocycles. The summed E-state index contributed by atoms with van der Waals surface area (Å²) in [5, 5.41) is 3.23. The van der Waals surface area contributed by atoms with Crippen molar-refractivity contribution in [1.82, 2.24) is 10.2 Å². The lowest BCUT2D eigenvalue weighted by Gasteiger charge is -2.48. The van der Waals surface area contributed by atoms with Crippen molar-refractivity contribution in [3.63, 3.8) is 0 Å². The van der Waals surface area contributed by atoms with Gasteiger partial charge in [-0.2, -0.15) is 0 Å². The Bertz CT molecular complexity index is 456. The second-order valence-electron chi connectivity index (χ2n) is 5.62. The number of hydrogen-bond acceptors (Lipinski definition) is 3. The van der Waals surface area contributed by atoms with E-state index in [4.69, 9.17) is 0 Å². The van der Waals surface area contributed by atoms with Crippen LogP contribution >= 0.6 is 11.3 Å². The Hall–Kier alpha value is -0.870. The topological polar surface area (TPSA) is 32.3 Å². The van der Waals surface area contributed by atoms with E-state index in [1.165, 1.54) is 24.3 Å². The molecule has 0 aromatic carbocycles. The maximum Gasteiger partial charge on any atom is 0.261 e. The van der Waals surface area contributed by atoms with E-state index in [2.05, 4.69) is 17.1 Å². The van der Waals surface area contributed by atoms with Gasteiger partial charge in [0, 0.05) is 23.5 Å². The number of amides is 1. The largest absolute Gasteiger partial charge is 0.347 e. The molecule has 3 fully saturated rings. The highest BCUT2D eigenvalue weighted by atomic mass is 32.1. The molecule has 1 N–H and O–H groups in total. The molecule has 1 aromatic rings. The Labute approximate surface area is 112 Å². The average Bonchev–Trinajstić information content (AvgIpc) is 2.77. The Morgan fingerprint density at radius 3 is 2.89 bits per heavy atom. The van der Waals surface area contributed by atoms with Crippen LogP contribution in [0, 0.1) is 12.8 Å². The van der Waals surface area contributed by atoms with Crippen molar-refractivity contribution in [3.05, 3.63) is 21.9 Å². The monoisotopic (exact) mass is 264 g/mol. The summed E-state index contributed by atoms with van der Waals surface area (Å²) in [7, 11) is 0. The van der Waals surface area contributed by atoms with E-state index in [1.807, 2.05) is 19.1 Å². The van der Waals surface area contributed by atoms with Crippen molar-refractivity contribution in [2.75, 3.05) is 13.1 Å². The molecular formula is C14H20N2OS. The molecule has 4 heteroatoms. The van der Waals surface area contributed by atoms with Crippen molar-refractivity contribution in [3.8, 4) is 0 Å². The summed E-state index contributed by atoms with van der Waals surface area (Å²) in [6, 6.07) is 4.99. The molecule has 4 rings (SSSR count). The van der Waals surface area contributed by atoms with Crippen LogP contribution in [0.4, 0.5) is 0 Å². The zero-order valence-electron chi connectivity index (χ0n) is 11.0. The molecule has 1 amide bonds. The molecule has 18 heavy (non-hydrogen) atoms. The second kappa shape index (κ2) is 4.67. The fourth-order valence-electron chi connectivity index (χ4n) is 3.26. The molecule has 0 saturated carbocycles. The van der Waals surface area contributed by atoms with Gasteiger partial charge in [0.1, 0.15) is 0 Å². The lowest BCUT2D eigenvalue weighted by Crippen LogP contribution is -2.60. The van der Waals surface area contributed by atoms with E-state index < -0.39 is 0 Å². The van der Waals surface area contributed by atoms with Crippen molar-refractivity contribution >= 4 is 17.2 Å². The minimum Gasteiger partial charge on any atom is -0.347 e. The molecule has 1 aromatic heterocycles. The van der Waals surface area contributed by atoms with E-state index in [0.717, 1.165) is 11.4 Å². The third-order valence-electron chi connectivity index (χ3n) is 4.34. The van der Waals surface area contributed by atoms with Gasteiger partial charge in [0.25, 0.3) is 5.91 Å². The third kappa shape index (κ3) is 2.19. The van der Waals surface area contributed by atoms with Gasteiger partial charge in [-0.1, -0.05) is 0 Å². The fraction of sp³-hybridized carbons (Fsp3) is 0.643. The van der Waals surface area contributed by atoms with Crippen molar-refractivity contribution in [2.45, 2.75) is 38.8 Å². The van der Waals surface area contributed by atoms with Crippen LogP contribution in [0.2, 0.25) is 0 Å². The van der Waals surface area contributed by atoms with Crippen LogP contribution in [-0.2, 0) is 0 Å². The van der Waals surface area contributed by atoms with Crippen molar-refractivity contribution in [1.29, 1.82) is 0 Å². The molecule has 0 aliphatic carbocycles. The summed E-state index contributed by atoms with van der Waals surface area (Å²) >= 11 is 1.58. The lowest BCUT2D eigenvalue weighted by atomic mass is 9.80. The first kappa shape index (κ1) is 12.2. The van der Waals surface area contributed by atoms with Crippen LogP contribution in [0.15, 0.2) is 12.1 Å². The second-order valence-corrected chi connectivity index (χ2v) is 6.91. The van der Waals surface area contributed by atoms with Gasteiger partial charge < -0.3 is 5.32 Å². The molecule has 3 aliphatic heterocycles. The van der Waals surface area contributed by atoms with Gasteiger partial charge in [-0.25, -0.2) is 0 Å². The molecule has 3 unspecified atom stereocenters. The lowest BCUT2D eigenvalue weighted by molar-refractivity contribution is 0.0275. The summed E-state index contributed by atoms with van der Waals surface area (Å²) in [5.41, 5.74) is 0. The first-order valence-electron chi connectivity index (χ1n) is 6.75. The SMILES string of the molecule is Cc1ccc(C(=O)N[C@H]2CN3CCC2CC3C)s1. The number of hydrogen-bond donors (Lipinski definition) is 1. The van der Waals surface area contributed by atoms with Gasteiger partial charge >= 0.3 is 0 Å². The number of rotatable bonds is 2. The minimum absolute atomic E-state index is 0.111. The maximum absolute atomic E-state index is 12.2. The number of nitrogens with one attached hydrogen (secondary N) is 1. The van der Waals surface area contributed by atoms with E-state index in [9.17, 15) is 4.79 Å². The number of fused-ring (bicyclic) bond motifs is 3. The summed E-state index contributed by atoms with van der Waals surface area (Å²) in [6.07, 6.45) is 2.47. The van der Waals surface area contributed by atoms with Crippen LogP contribution in [0.5, 0.6) is 0 Å². The number of piperidine rings is 3. The molecule has 4 atom stereocenters. The first-order chi connectivity index (χ1) is 8.63. The quantitative estimate of drug-likeness (QED) is 0.888. The zero-order valence-corrected chi connectivity index (χ0v) is 11.8. The number of nitrogens with zero attached hydrogens (tertiary/aromatic N) is 1. The molecule has 98 valence electrons. The third-order valence-corrected chi connectivity index (χ3v) is 5.33. The van der Waals surface area contributed by atoms with Crippen molar-refractivity contribution in [2.24, 2.45) is 5.92 Å². The predicted octanol–water partition coefficient (Wildman–Crippen LogP) is 2.27. The molecule has 0 spiro atoms. The van der Waals surface area contributed by atoms with Crippen LogP contribution in [0.1, 0.15) is 34.3 Å². The van der Waals surface area contributed by atoms with E-state index in [-0.39, 0.29) is 5.91 Å². The van der Waals surface area contributed by atoms with Gasteiger partial charge in [0.15, 0.2) is 0 Å². The summed E-state index contributed by atoms with van der Waals surface area (Å²) < 4.78 is 0. The Morgan fingerprint density at radius 2 is 2.33 bits per heavy atom. The Kier molecular flexibility index (Phi) is 3.16. The highest BCUT2D eigenvalue weighted by Gasteiger charge is 2.38. The van der Waals surface area contributed by atoms with E-state index in [1.54, 1.807) is 11.3 Å². The van der Waals surface area contributed by atoms with Crippen molar-refractivity contribution < 1.29 is 4.79 Å². The van der Waals surface area contributed by atoms with Gasteiger partial charge in [-0.15, -0.1) is 11.3 Å². The summed E-state index contributed by atoms with van der Waals surface area (Å²) in [6.45, 7) is 6.57. The predicted molar refractivity (Wildman–Crippen MR) is 74.1 cm³/mol. The smallest absolute Gasteiger partial charge is 0.261 e. The van der Waals surface area contributed by atoms with Gasteiger partial charge in [-0.3, -0.25) is 9.69 Å². The van der Waals surface area contributed by atoms with Crippen LogP contribution in [0.3, 0.4) is 0 Å². The Balaban J connectivity index is 1.65. The maximum atomic E-state index is 12.2. The van der Waals surface area contributed by atoms with Gasteiger partial charge in [-0.05, 0) is 51.3 Å². The first-order valence-corrected chi connectivity index (χ1v) is 7.56.